The van der Waals surface area contributed by atoms with Crippen LogP contribution in [0, 0.1) is 0 Å². The molecule has 2 aromatic rings. The number of aromatic nitrogens is 3. The molecular formula is C18H23N7O2S. The zero-order valence-corrected chi connectivity index (χ0v) is 17.0. The van der Waals surface area contributed by atoms with Crippen molar-refractivity contribution in [2.75, 3.05) is 18.2 Å². The summed E-state index contributed by atoms with van der Waals surface area (Å²) in [6.45, 7) is 6.26. The van der Waals surface area contributed by atoms with Gasteiger partial charge in [0.25, 0.3) is 5.91 Å². The Bertz CT molecular complexity index is 947. The van der Waals surface area contributed by atoms with Crippen molar-refractivity contribution in [3.05, 3.63) is 35.9 Å². The molecule has 0 unspecified atom stereocenters. The molecule has 9 nitrogen and oxygen atoms in total. The van der Waals surface area contributed by atoms with Gasteiger partial charge in [-0.05, 0) is 25.0 Å². The number of nitrogens with two attached hydrogens (primary N) is 2. The molecule has 0 spiro atoms. The molecule has 0 saturated heterocycles. The first kappa shape index (κ1) is 19.9. The Balaban J connectivity index is 1.86. The summed E-state index contributed by atoms with van der Waals surface area (Å²) in [7, 11) is 1.45. The van der Waals surface area contributed by atoms with E-state index in [2.05, 4.69) is 39.1 Å². The van der Waals surface area contributed by atoms with Crippen molar-refractivity contribution in [1.29, 1.82) is 0 Å². The number of aliphatic imine (C=N–C) groups is 1. The van der Waals surface area contributed by atoms with E-state index in [-0.39, 0.29) is 22.1 Å². The summed E-state index contributed by atoms with van der Waals surface area (Å²) in [5, 5.41) is 3.29. The van der Waals surface area contributed by atoms with Crippen LogP contribution in [0.5, 0.6) is 5.88 Å². The van der Waals surface area contributed by atoms with Gasteiger partial charge in [0.2, 0.25) is 5.88 Å². The maximum Gasteiger partial charge on any atom is 0.278 e. The molecule has 5 N–H and O–H groups in total. The first-order valence-electron chi connectivity index (χ1n) is 8.60. The molecule has 3 rings (SSSR count). The van der Waals surface area contributed by atoms with Gasteiger partial charge >= 0.3 is 0 Å². The number of carbonyl (C=O) groups is 1. The quantitative estimate of drug-likeness (QED) is 0.707. The summed E-state index contributed by atoms with van der Waals surface area (Å²) in [6, 6.07) is 1.83. The fourth-order valence-electron chi connectivity index (χ4n) is 3.27. The van der Waals surface area contributed by atoms with Crippen LogP contribution in [0.25, 0.3) is 0 Å². The maximum atomic E-state index is 12.5. The predicted molar refractivity (Wildman–Crippen MR) is 110 cm³/mol. The highest BCUT2D eigenvalue weighted by molar-refractivity contribution is 8.15. The lowest BCUT2D eigenvalue weighted by molar-refractivity contribution is 0.102. The van der Waals surface area contributed by atoms with Crippen LogP contribution in [0.2, 0.25) is 0 Å². The third kappa shape index (κ3) is 4.16. The van der Waals surface area contributed by atoms with Gasteiger partial charge in [-0.3, -0.25) is 14.8 Å². The molecule has 0 radical (unpaired) electrons. The molecule has 0 aliphatic carbocycles. The van der Waals surface area contributed by atoms with Crippen LogP contribution >= 0.6 is 11.8 Å². The van der Waals surface area contributed by atoms with E-state index in [0.717, 1.165) is 12.0 Å². The summed E-state index contributed by atoms with van der Waals surface area (Å²) in [4.78, 5) is 29.4. The summed E-state index contributed by atoms with van der Waals surface area (Å²) < 4.78 is 4.89. The molecule has 0 aromatic carbocycles. The Labute approximate surface area is 167 Å². The summed E-state index contributed by atoms with van der Waals surface area (Å²) in [5.74, 6) is -0.269. The van der Waals surface area contributed by atoms with E-state index in [9.17, 15) is 4.79 Å². The molecule has 1 atom stereocenters. The van der Waals surface area contributed by atoms with Crippen molar-refractivity contribution in [2.45, 2.75) is 37.5 Å². The van der Waals surface area contributed by atoms with Crippen molar-refractivity contribution in [3.8, 4) is 5.88 Å². The number of ether oxygens (including phenoxy) is 1. The highest BCUT2D eigenvalue weighted by Crippen LogP contribution is 2.44. The number of nitrogens with one attached hydrogen (secondary N) is 1. The van der Waals surface area contributed by atoms with Gasteiger partial charge in [-0.25, -0.2) is 4.98 Å². The Morgan fingerprint density at radius 2 is 2.00 bits per heavy atom. The number of hydrogen-bond acceptors (Lipinski definition) is 9. The minimum absolute atomic E-state index is 0.00915. The smallest absolute Gasteiger partial charge is 0.278 e. The SMILES string of the molecule is COc1cnc(C(=O)Nc2cncc([C@]3(C)CC(C)(C)SC(N)=N3)c2)c(N)n1. The second kappa shape index (κ2) is 7.27. The Morgan fingerprint density at radius 3 is 2.64 bits per heavy atom. The normalized spacial score (nSPS) is 20.9. The van der Waals surface area contributed by atoms with E-state index < -0.39 is 11.4 Å². The van der Waals surface area contributed by atoms with E-state index in [4.69, 9.17) is 16.2 Å². The van der Waals surface area contributed by atoms with Crippen LogP contribution in [-0.2, 0) is 5.54 Å². The second-order valence-corrected chi connectivity index (χ2v) is 9.05. The number of methoxy groups -OCH3 is 1. The average molecular weight is 401 g/mol. The van der Waals surface area contributed by atoms with Crippen molar-refractivity contribution in [1.82, 2.24) is 15.0 Å². The van der Waals surface area contributed by atoms with Gasteiger partial charge in [-0.15, -0.1) is 0 Å². The zero-order chi connectivity index (χ0) is 20.5. The number of carbonyl (C=O) groups excluding carboxylic acids is 1. The lowest BCUT2D eigenvalue weighted by atomic mass is 9.84. The lowest BCUT2D eigenvalue weighted by Gasteiger charge is -2.39. The highest BCUT2D eigenvalue weighted by Gasteiger charge is 2.39. The summed E-state index contributed by atoms with van der Waals surface area (Å²) >= 11 is 1.56. The van der Waals surface area contributed by atoms with Gasteiger partial charge in [0.1, 0.15) is 0 Å². The molecule has 1 amide bonds. The van der Waals surface area contributed by atoms with Crippen LogP contribution in [0.3, 0.4) is 0 Å². The standard InChI is InChI=1S/C18H23N7O2S/c1-17(2)9-18(3,25-16(20)28-17)10-5-11(7-21-6-10)23-15(26)13-14(19)24-12(27-4)8-22-13/h5-8H,9H2,1-4H3,(H2,19,24)(H2,20,25)(H,23,26)/t18-/m0/s1. The van der Waals surface area contributed by atoms with Crippen molar-refractivity contribution in [2.24, 2.45) is 10.7 Å². The molecule has 3 heterocycles. The van der Waals surface area contributed by atoms with Crippen LogP contribution in [0.1, 0.15) is 43.2 Å². The Kier molecular flexibility index (Phi) is 5.16. The van der Waals surface area contributed by atoms with E-state index in [1.54, 1.807) is 24.2 Å². The molecule has 0 bridgehead atoms. The average Bonchev–Trinajstić information content (AvgIpc) is 2.59. The fraction of sp³-hybridized carbons (Fsp3) is 0.389. The number of nitrogens with zero attached hydrogens (tertiary/aromatic N) is 4. The van der Waals surface area contributed by atoms with Crippen LogP contribution in [-0.4, -0.2) is 37.9 Å². The number of rotatable bonds is 4. The third-order valence-electron chi connectivity index (χ3n) is 4.33. The monoisotopic (exact) mass is 401 g/mol. The van der Waals surface area contributed by atoms with Crippen LogP contribution < -0.4 is 21.5 Å². The minimum Gasteiger partial charge on any atom is -0.480 e. The molecule has 0 fully saturated rings. The van der Waals surface area contributed by atoms with Gasteiger partial charge in [-0.1, -0.05) is 25.6 Å². The number of hydrogen-bond donors (Lipinski definition) is 3. The maximum absolute atomic E-state index is 12.5. The number of thioether (sulfide) groups is 1. The van der Waals surface area contributed by atoms with Crippen molar-refractivity contribution in [3.63, 3.8) is 0 Å². The largest absolute Gasteiger partial charge is 0.480 e. The summed E-state index contributed by atoms with van der Waals surface area (Å²) in [5.41, 5.74) is 12.7. The van der Waals surface area contributed by atoms with E-state index in [0.29, 0.717) is 10.9 Å². The lowest BCUT2D eigenvalue weighted by Crippen LogP contribution is -2.38. The second-order valence-electron chi connectivity index (χ2n) is 7.33. The summed E-state index contributed by atoms with van der Waals surface area (Å²) in [6.07, 6.45) is 5.40. The number of amidine groups is 1. The van der Waals surface area contributed by atoms with Gasteiger partial charge in [0.05, 0.1) is 30.7 Å². The van der Waals surface area contributed by atoms with Crippen molar-refractivity contribution < 1.29 is 9.53 Å². The molecule has 28 heavy (non-hydrogen) atoms. The van der Waals surface area contributed by atoms with Gasteiger partial charge in [0, 0.05) is 10.9 Å². The van der Waals surface area contributed by atoms with E-state index >= 15 is 0 Å². The minimum atomic E-state index is -0.536. The third-order valence-corrected chi connectivity index (χ3v) is 5.32. The number of nitrogen functional groups attached to an aromatic ring is 1. The van der Waals surface area contributed by atoms with Gasteiger partial charge in [0.15, 0.2) is 16.7 Å². The van der Waals surface area contributed by atoms with Crippen LogP contribution in [0.15, 0.2) is 29.6 Å². The molecule has 2 aromatic heterocycles. The Morgan fingerprint density at radius 1 is 1.25 bits per heavy atom. The first-order chi connectivity index (χ1) is 13.1. The van der Waals surface area contributed by atoms with E-state index in [1.165, 1.54) is 13.3 Å². The first-order valence-corrected chi connectivity index (χ1v) is 9.41. The van der Waals surface area contributed by atoms with Gasteiger partial charge in [-0.2, -0.15) is 4.98 Å². The molecule has 10 heteroatoms. The number of amides is 1. The number of anilines is 2. The number of pyridine rings is 1. The predicted octanol–water partition coefficient (Wildman–Crippen LogP) is 2.16. The zero-order valence-electron chi connectivity index (χ0n) is 16.2. The molecule has 1 aliphatic heterocycles. The highest BCUT2D eigenvalue weighted by atomic mass is 32.2. The van der Waals surface area contributed by atoms with Gasteiger partial charge < -0.3 is 21.5 Å². The van der Waals surface area contributed by atoms with Crippen molar-refractivity contribution >= 4 is 34.3 Å². The Hall–Kier alpha value is -2.88. The molecule has 148 valence electrons. The van der Waals surface area contributed by atoms with Crippen LogP contribution in [0.4, 0.5) is 11.5 Å². The topological polar surface area (TPSA) is 141 Å². The fourth-order valence-corrected chi connectivity index (χ4v) is 4.44. The molecule has 0 saturated carbocycles. The molecular weight excluding hydrogens is 378 g/mol. The van der Waals surface area contributed by atoms with E-state index in [1.807, 2.05) is 13.0 Å². The molecule has 1 aliphatic rings.